The zero-order chi connectivity index (χ0) is 15.9. The van der Waals surface area contributed by atoms with Gasteiger partial charge in [-0.1, -0.05) is 18.2 Å². The monoisotopic (exact) mass is 298 g/mol. The van der Waals surface area contributed by atoms with E-state index in [9.17, 15) is 4.79 Å². The molecule has 2 rings (SSSR count). The molecule has 0 N–H and O–H groups in total. The minimum atomic E-state index is -0.125. The van der Waals surface area contributed by atoms with Gasteiger partial charge in [0.2, 0.25) is 0 Å². The summed E-state index contributed by atoms with van der Waals surface area (Å²) in [5.74, 6) is 1.78. The average Bonchev–Trinajstić information content (AvgIpc) is 2.59. The van der Waals surface area contributed by atoms with Crippen molar-refractivity contribution in [3.05, 3.63) is 59.7 Å². The van der Waals surface area contributed by atoms with Crippen molar-refractivity contribution in [3.63, 3.8) is 0 Å². The molecule has 0 radical (unpaired) electrons. The van der Waals surface area contributed by atoms with Crippen molar-refractivity contribution in [2.24, 2.45) is 0 Å². The quantitative estimate of drug-likeness (QED) is 0.603. The van der Waals surface area contributed by atoms with Gasteiger partial charge in [0, 0.05) is 11.6 Å². The van der Waals surface area contributed by atoms with E-state index >= 15 is 0 Å². The Labute approximate surface area is 129 Å². The molecule has 4 heteroatoms. The van der Waals surface area contributed by atoms with Gasteiger partial charge >= 0.3 is 0 Å². The third-order valence-electron chi connectivity index (χ3n) is 3.16. The van der Waals surface area contributed by atoms with E-state index in [-0.39, 0.29) is 5.78 Å². The van der Waals surface area contributed by atoms with E-state index in [0.29, 0.717) is 17.1 Å². The molecule has 22 heavy (non-hydrogen) atoms. The molecule has 0 unspecified atom stereocenters. The van der Waals surface area contributed by atoms with Gasteiger partial charge in [0.15, 0.2) is 5.78 Å². The molecule has 0 aliphatic heterocycles. The van der Waals surface area contributed by atoms with Crippen LogP contribution in [-0.2, 0) is 0 Å². The van der Waals surface area contributed by atoms with E-state index in [2.05, 4.69) is 0 Å². The maximum Gasteiger partial charge on any atom is 0.186 e. The van der Waals surface area contributed by atoms with E-state index in [1.54, 1.807) is 45.6 Å². The summed E-state index contributed by atoms with van der Waals surface area (Å²) in [5, 5.41) is 0. The molecule has 0 saturated carbocycles. The van der Waals surface area contributed by atoms with Crippen LogP contribution >= 0.6 is 0 Å². The number of ketones is 1. The summed E-state index contributed by atoms with van der Waals surface area (Å²) in [6.45, 7) is 0. The molecule has 0 atom stereocenters. The number of carbonyl (C=O) groups excluding carboxylic acids is 1. The van der Waals surface area contributed by atoms with Crippen molar-refractivity contribution in [3.8, 4) is 17.2 Å². The van der Waals surface area contributed by atoms with Crippen LogP contribution in [0.4, 0.5) is 0 Å². The minimum Gasteiger partial charge on any atom is -0.497 e. The van der Waals surface area contributed by atoms with Gasteiger partial charge in [0.25, 0.3) is 0 Å². The molecule has 0 aliphatic rings. The van der Waals surface area contributed by atoms with Gasteiger partial charge in [-0.25, -0.2) is 0 Å². The fourth-order valence-corrected chi connectivity index (χ4v) is 1.96. The predicted molar refractivity (Wildman–Crippen MR) is 85.9 cm³/mol. The first kappa shape index (κ1) is 15.6. The van der Waals surface area contributed by atoms with Gasteiger partial charge in [-0.3, -0.25) is 4.79 Å². The zero-order valence-corrected chi connectivity index (χ0v) is 12.8. The molecular formula is C18H18O4. The van der Waals surface area contributed by atoms with E-state index in [4.69, 9.17) is 14.2 Å². The lowest BCUT2D eigenvalue weighted by atomic mass is 10.1. The maximum atomic E-state index is 12.3. The maximum absolute atomic E-state index is 12.3. The number of carbonyl (C=O) groups is 1. The third kappa shape index (κ3) is 3.88. The van der Waals surface area contributed by atoms with Crippen molar-refractivity contribution in [2.45, 2.75) is 0 Å². The summed E-state index contributed by atoms with van der Waals surface area (Å²) in [5.41, 5.74) is 1.40. The second-order valence-corrected chi connectivity index (χ2v) is 4.58. The van der Waals surface area contributed by atoms with Crippen LogP contribution in [-0.4, -0.2) is 27.1 Å². The van der Waals surface area contributed by atoms with Gasteiger partial charge in [-0.15, -0.1) is 0 Å². The molecule has 0 heterocycles. The first-order valence-corrected chi connectivity index (χ1v) is 6.76. The fraction of sp³-hybridized carbons (Fsp3) is 0.167. The van der Waals surface area contributed by atoms with Crippen LogP contribution in [0.1, 0.15) is 15.9 Å². The highest BCUT2D eigenvalue weighted by Gasteiger charge is 2.07. The first-order valence-electron chi connectivity index (χ1n) is 6.76. The second-order valence-electron chi connectivity index (χ2n) is 4.58. The standard InChI is InChI=1S/C18H18O4/c1-20-15-6-4-5-13(9-15)7-8-18(19)14-10-16(21-2)12-17(11-14)22-3/h4-12H,1-3H3/b8-7+. The van der Waals surface area contributed by atoms with E-state index in [0.717, 1.165) is 11.3 Å². The number of benzene rings is 2. The third-order valence-corrected chi connectivity index (χ3v) is 3.16. The SMILES string of the molecule is COc1cccc(/C=C/C(=O)c2cc(OC)cc(OC)c2)c1. The molecule has 0 bridgehead atoms. The van der Waals surface area contributed by atoms with Gasteiger partial charge < -0.3 is 14.2 Å². The van der Waals surface area contributed by atoms with Crippen LogP contribution in [0.5, 0.6) is 17.2 Å². The molecule has 0 amide bonds. The van der Waals surface area contributed by atoms with Gasteiger partial charge in [0.1, 0.15) is 17.2 Å². The Morgan fingerprint density at radius 2 is 1.50 bits per heavy atom. The summed E-state index contributed by atoms with van der Waals surface area (Å²) >= 11 is 0. The van der Waals surface area contributed by atoms with Crippen molar-refractivity contribution < 1.29 is 19.0 Å². The lowest BCUT2D eigenvalue weighted by Gasteiger charge is -2.06. The van der Waals surface area contributed by atoms with Gasteiger partial charge in [0.05, 0.1) is 21.3 Å². The Morgan fingerprint density at radius 1 is 0.864 bits per heavy atom. The predicted octanol–water partition coefficient (Wildman–Crippen LogP) is 3.61. The summed E-state index contributed by atoms with van der Waals surface area (Å²) < 4.78 is 15.5. The molecular weight excluding hydrogens is 280 g/mol. The number of ether oxygens (including phenoxy) is 3. The van der Waals surface area contributed by atoms with Crippen LogP contribution in [0.15, 0.2) is 48.5 Å². The van der Waals surface area contributed by atoms with E-state index < -0.39 is 0 Å². The lowest BCUT2D eigenvalue weighted by molar-refractivity contribution is 0.104. The van der Waals surface area contributed by atoms with Crippen LogP contribution in [0.25, 0.3) is 6.08 Å². The van der Waals surface area contributed by atoms with Crippen molar-refractivity contribution in [2.75, 3.05) is 21.3 Å². The number of hydrogen-bond acceptors (Lipinski definition) is 4. The molecule has 0 spiro atoms. The highest BCUT2D eigenvalue weighted by molar-refractivity contribution is 6.07. The summed E-state index contributed by atoms with van der Waals surface area (Å²) in [6.07, 6.45) is 3.26. The van der Waals surface area contributed by atoms with Crippen LogP contribution in [0.2, 0.25) is 0 Å². The average molecular weight is 298 g/mol. The van der Waals surface area contributed by atoms with Crippen molar-refractivity contribution in [1.29, 1.82) is 0 Å². The Bertz CT molecular complexity index is 667. The van der Waals surface area contributed by atoms with Crippen molar-refractivity contribution >= 4 is 11.9 Å². The van der Waals surface area contributed by atoms with E-state index in [1.165, 1.54) is 6.08 Å². The van der Waals surface area contributed by atoms with E-state index in [1.807, 2.05) is 24.3 Å². The van der Waals surface area contributed by atoms with Crippen LogP contribution < -0.4 is 14.2 Å². The minimum absolute atomic E-state index is 0.125. The number of allylic oxidation sites excluding steroid dienone is 1. The van der Waals surface area contributed by atoms with Crippen LogP contribution in [0, 0.1) is 0 Å². The highest BCUT2D eigenvalue weighted by atomic mass is 16.5. The Balaban J connectivity index is 2.22. The fourth-order valence-electron chi connectivity index (χ4n) is 1.96. The van der Waals surface area contributed by atoms with Gasteiger partial charge in [-0.05, 0) is 35.9 Å². The number of rotatable bonds is 6. The normalized spacial score (nSPS) is 10.5. The summed E-state index contributed by atoms with van der Waals surface area (Å²) in [6, 6.07) is 12.6. The first-order chi connectivity index (χ1) is 10.7. The van der Waals surface area contributed by atoms with Crippen molar-refractivity contribution in [1.82, 2.24) is 0 Å². The topological polar surface area (TPSA) is 44.8 Å². The lowest BCUT2D eigenvalue weighted by Crippen LogP contribution is -1.97. The molecule has 0 aliphatic carbocycles. The molecule has 2 aromatic rings. The largest absolute Gasteiger partial charge is 0.497 e. The summed E-state index contributed by atoms with van der Waals surface area (Å²) in [7, 11) is 4.71. The smallest absolute Gasteiger partial charge is 0.186 e. The number of hydrogen-bond donors (Lipinski definition) is 0. The molecule has 2 aromatic carbocycles. The zero-order valence-electron chi connectivity index (χ0n) is 12.8. The van der Waals surface area contributed by atoms with Gasteiger partial charge in [-0.2, -0.15) is 0 Å². The molecule has 0 saturated heterocycles. The Kier molecular flexibility index (Phi) is 5.20. The molecule has 4 nitrogen and oxygen atoms in total. The Hall–Kier alpha value is -2.75. The second kappa shape index (κ2) is 7.31. The Morgan fingerprint density at radius 3 is 2.09 bits per heavy atom. The van der Waals surface area contributed by atoms with Crippen LogP contribution in [0.3, 0.4) is 0 Å². The summed E-state index contributed by atoms with van der Waals surface area (Å²) in [4.78, 5) is 12.3. The molecule has 0 aromatic heterocycles. The number of methoxy groups -OCH3 is 3. The molecule has 114 valence electrons. The molecule has 0 fully saturated rings. The highest BCUT2D eigenvalue weighted by Crippen LogP contribution is 2.23.